The van der Waals surface area contributed by atoms with E-state index in [4.69, 9.17) is 9.47 Å². The molecule has 0 spiro atoms. The predicted octanol–water partition coefficient (Wildman–Crippen LogP) is 6.40. The second kappa shape index (κ2) is 12.4. The van der Waals surface area contributed by atoms with Crippen LogP contribution in [0.1, 0.15) is 16.7 Å². The summed E-state index contributed by atoms with van der Waals surface area (Å²) in [6, 6.07) is 17.8. The zero-order chi connectivity index (χ0) is 26.2. The van der Waals surface area contributed by atoms with Crippen molar-refractivity contribution in [3.8, 4) is 17.6 Å². The number of ether oxygens (including phenoxy) is 2. The lowest BCUT2D eigenvalue weighted by Crippen LogP contribution is -2.21. The number of benzene rings is 3. The fourth-order valence-electron chi connectivity index (χ4n) is 3.29. The molecule has 0 unspecified atom stereocenters. The Morgan fingerprint density at radius 2 is 1.75 bits per heavy atom. The molecular formula is C27H23Br2N3O4. The number of anilines is 2. The molecule has 0 aliphatic heterocycles. The number of hydrogen-bond donors (Lipinski definition) is 2. The van der Waals surface area contributed by atoms with Crippen LogP contribution in [0.5, 0.6) is 11.5 Å². The molecule has 3 aromatic carbocycles. The molecule has 0 atom stereocenters. The Labute approximate surface area is 226 Å². The van der Waals surface area contributed by atoms with Crippen molar-refractivity contribution in [2.75, 3.05) is 24.4 Å². The molecule has 184 valence electrons. The zero-order valence-corrected chi connectivity index (χ0v) is 23.0. The lowest BCUT2D eigenvalue weighted by Gasteiger charge is -2.14. The fourth-order valence-corrected chi connectivity index (χ4v) is 4.67. The molecule has 0 aromatic heterocycles. The van der Waals surface area contributed by atoms with Gasteiger partial charge in [0.1, 0.15) is 23.1 Å². The summed E-state index contributed by atoms with van der Waals surface area (Å²) < 4.78 is 12.2. The quantitative estimate of drug-likeness (QED) is 0.226. The van der Waals surface area contributed by atoms with Crippen molar-refractivity contribution in [2.45, 2.75) is 13.8 Å². The number of aryl methyl sites for hydroxylation is 2. The number of halogens is 2. The summed E-state index contributed by atoms with van der Waals surface area (Å²) in [5.74, 6) is 0.0344. The average molecular weight is 613 g/mol. The summed E-state index contributed by atoms with van der Waals surface area (Å²) in [6.45, 7) is 3.63. The van der Waals surface area contributed by atoms with Gasteiger partial charge in [0.2, 0.25) is 0 Å². The molecule has 0 saturated heterocycles. The van der Waals surface area contributed by atoms with Crippen molar-refractivity contribution in [1.82, 2.24) is 0 Å². The highest BCUT2D eigenvalue weighted by Gasteiger charge is 2.16. The van der Waals surface area contributed by atoms with E-state index in [-0.39, 0.29) is 18.1 Å². The van der Waals surface area contributed by atoms with Gasteiger partial charge in [0.05, 0.1) is 11.6 Å². The predicted molar refractivity (Wildman–Crippen MR) is 147 cm³/mol. The second-order valence-electron chi connectivity index (χ2n) is 7.81. The molecule has 0 bridgehead atoms. The maximum absolute atomic E-state index is 12.7. The standard InChI is InChI=1S/C27H23Br2N3O4/c1-16-4-9-24(17(2)10-16)32-25(33)15-36-26-18(12-20(28)13-23(26)29)11-19(14-30)27(34)31-21-5-7-22(35-3)8-6-21/h4-13H,15H2,1-3H3,(H,31,34)(H,32,33)/b19-11-. The maximum Gasteiger partial charge on any atom is 0.266 e. The third-order valence-corrected chi connectivity index (χ3v) is 6.10. The second-order valence-corrected chi connectivity index (χ2v) is 9.58. The summed E-state index contributed by atoms with van der Waals surface area (Å²) in [4.78, 5) is 25.3. The van der Waals surface area contributed by atoms with Crippen molar-refractivity contribution in [3.05, 3.63) is 85.8 Å². The first-order chi connectivity index (χ1) is 17.2. The number of nitrogens with one attached hydrogen (secondary N) is 2. The minimum atomic E-state index is -0.586. The molecule has 0 heterocycles. The van der Waals surface area contributed by atoms with Crippen molar-refractivity contribution in [2.24, 2.45) is 0 Å². The molecule has 0 radical (unpaired) electrons. The van der Waals surface area contributed by atoms with Crippen molar-refractivity contribution in [3.63, 3.8) is 0 Å². The van der Waals surface area contributed by atoms with Crippen LogP contribution in [-0.4, -0.2) is 25.5 Å². The Morgan fingerprint density at radius 3 is 2.39 bits per heavy atom. The highest BCUT2D eigenvalue weighted by atomic mass is 79.9. The van der Waals surface area contributed by atoms with Crippen LogP contribution in [0, 0.1) is 25.2 Å². The van der Waals surface area contributed by atoms with E-state index in [2.05, 4.69) is 42.5 Å². The normalized spacial score (nSPS) is 10.8. The summed E-state index contributed by atoms with van der Waals surface area (Å²) >= 11 is 6.85. The van der Waals surface area contributed by atoms with Crippen LogP contribution in [0.15, 0.2) is 69.1 Å². The highest BCUT2D eigenvalue weighted by molar-refractivity contribution is 9.11. The van der Waals surface area contributed by atoms with Crippen molar-refractivity contribution < 1.29 is 19.1 Å². The molecule has 2 N–H and O–H groups in total. The number of methoxy groups -OCH3 is 1. The molecule has 0 aliphatic rings. The minimum Gasteiger partial charge on any atom is -0.497 e. The van der Waals surface area contributed by atoms with E-state index < -0.39 is 5.91 Å². The van der Waals surface area contributed by atoms with Crippen LogP contribution in [0.2, 0.25) is 0 Å². The van der Waals surface area contributed by atoms with E-state index in [1.165, 1.54) is 6.08 Å². The highest BCUT2D eigenvalue weighted by Crippen LogP contribution is 2.34. The molecule has 9 heteroatoms. The van der Waals surface area contributed by atoms with Crippen molar-refractivity contribution in [1.29, 1.82) is 5.26 Å². The van der Waals surface area contributed by atoms with Gasteiger partial charge >= 0.3 is 0 Å². The fraction of sp³-hybridized carbons (Fsp3) is 0.148. The third-order valence-electron chi connectivity index (χ3n) is 5.05. The first kappa shape index (κ1) is 27.0. The minimum absolute atomic E-state index is 0.139. The number of nitriles is 1. The van der Waals surface area contributed by atoms with E-state index in [0.29, 0.717) is 37.4 Å². The van der Waals surface area contributed by atoms with Gasteiger partial charge in [0.25, 0.3) is 11.8 Å². The molecule has 7 nitrogen and oxygen atoms in total. The van der Waals surface area contributed by atoms with Gasteiger partial charge in [-0.3, -0.25) is 9.59 Å². The average Bonchev–Trinajstić information content (AvgIpc) is 2.84. The number of rotatable bonds is 8. The van der Waals surface area contributed by atoms with Crippen LogP contribution in [-0.2, 0) is 9.59 Å². The van der Waals surface area contributed by atoms with Crippen LogP contribution in [0.25, 0.3) is 6.08 Å². The molecule has 3 rings (SSSR count). The monoisotopic (exact) mass is 611 g/mol. The molecular weight excluding hydrogens is 590 g/mol. The molecule has 0 saturated carbocycles. The Kier molecular flexibility index (Phi) is 9.28. The summed E-state index contributed by atoms with van der Waals surface area (Å²) in [5, 5.41) is 15.2. The summed E-state index contributed by atoms with van der Waals surface area (Å²) in [6.07, 6.45) is 1.41. The molecule has 2 amide bonds. The first-order valence-electron chi connectivity index (χ1n) is 10.8. The van der Waals surface area contributed by atoms with Gasteiger partial charge in [-0.2, -0.15) is 5.26 Å². The van der Waals surface area contributed by atoms with E-state index in [1.54, 1.807) is 43.5 Å². The number of hydrogen-bond acceptors (Lipinski definition) is 5. The van der Waals surface area contributed by atoms with Crippen LogP contribution in [0.3, 0.4) is 0 Å². The van der Waals surface area contributed by atoms with E-state index >= 15 is 0 Å². The molecule has 3 aromatic rings. The van der Waals surface area contributed by atoms with Gasteiger partial charge in [0, 0.05) is 21.4 Å². The first-order valence-corrected chi connectivity index (χ1v) is 12.3. The zero-order valence-electron chi connectivity index (χ0n) is 19.8. The lowest BCUT2D eigenvalue weighted by atomic mass is 10.1. The van der Waals surface area contributed by atoms with E-state index in [1.807, 2.05) is 38.1 Å². The van der Waals surface area contributed by atoms with Gasteiger partial charge in [-0.15, -0.1) is 0 Å². The van der Waals surface area contributed by atoms with Crippen LogP contribution < -0.4 is 20.1 Å². The molecule has 0 aliphatic carbocycles. The van der Waals surface area contributed by atoms with Gasteiger partial charge in [-0.05, 0) is 83.9 Å². The topological polar surface area (TPSA) is 100 Å². The number of nitrogens with zero attached hydrogens (tertiary/aromatic N) is 1. The van der Waals surface area contributed by atoms with E-state index in [0.717, 1.165) is 11.1 Å². The Balaban J connectivity index is 1.79. The lowest BCUT2D eigenvalue weighted by molar-refractivity contribution is -0.118. The summed E-state index contributed by atoms with van der Waals surface area (Å²) in [7, 11) is 1.55. The van der Waals surface area contributed by atoms with Crippen LogP contribution in [0.4, 0.5) is 11.4 Å². The summed E-state index contributed by atoms with van der Waals surface area (Å²) in [5.41, 5.74) is 3.56. The molecule has 0 fully saturated rings. The number of carbonyl (C=O) groups is 2. The largest absolute Gasteiger partial charge is 0.497 e. The maximum atomic E-state index is 12.7. The SMILES string of the molecule is COc1ccc(NC(=O)/C(C#N)=C\c2cc(Br)cc(Br)c2OCC(=O)Nc2ccc(C)cc2C)cc1. The Bertz CT molecular complexity index is 1360. The van der Waals surface area contributed by atoms with E-state index in [9.17, 15) is 14.9 Å². The molecule has 36 heavy (non-hydrogen) atoms. The van der Waals surface area contributed by atoms with Gasteiger partial charge in [0.15, 0.2) is 6.61 Å². The van der Waals surface area contributed by atoms with Gasteiger partial charge in [-0.25, -0.2) is 0 Å². The van der Waals surface area contributed by atoms with Gasteiger partial charge < -0.3 is 20.1 Å². The van der Waals surface area contributed by atoms with Crippen molar-refractivity contribution >= 4 is 61.1 Å². The Hall–Kier alpha value is -3.61. The smallest absolute Gasteiger partial charge is 0.266 e. The third kappa shape index (κ3) is 7.20. The van der Waals surface area contributed by atoms with Crippen LogP contribution >= 0.6 is 31.9 Å². The number of carbonyl (C=O) groups excluding carboxylic acids is 2. The Morgan fingerprint density at radius 1 is 1.03 bits per heavy atom. The van der Waals surface area contributed by atoms with Gasteiger partial charge in [-0.1, -0.05) is 33.6 Å². The number of amides is 2.